The van der Waals surface area contributed by atoms with E-state index in [2.05, 4.69) is 10.1 Å². The molecule has 0 bridgehead atoms. The fraction of sp³-hybridized carbons (Fsp3) is 0.133. The zero-order chi connectivity index (χ0) is 17.3. The van der Waals surface area contributed by atoms with E-state index in [9.17, 15) is 13.6 Å². The lowest BCUT2D eigenvalue weighted by Gasteiger charge is -2.07. The predicted molar refractivity (Wildman–Crippen MR) is 77.3 cm³/mol. The van der Waals surface area contributed by atoms with Gasteiger partial charge >= 0.3 is 5.97 Å². The zero-order valence-electron chi connectivity index (χ0n) is 12.4. The Morgan fingerprint density at radius 3 is 2.62 bits per heavy atom. The maximum Gasteiger partial charge on any atom is 0.325 e. The van der Waals surface area contributed by atoms with Crippen molar-refractivity contribution in [3.63, 3.8) is 0 Å². The summed E-state index contributed by atoms with van der Waals surface area (Å²) in [4.78, 5) is 15.0. The molecule has 7 nitrogen and oxygen atoms in total. The van der Waals surface area contributed by atoms with Gasteiger partial charge in [-0.25, -0.2) is 18.4 Å². The number of hydrogen-bond acceptors (Lipinski definition) is 5. The number of furan rings is 1. The molecule has 1 aromatic carbocycles. The molecule has 0 radical (unpaired) electrons. The fourth-order valence-electron chi connectivity index (χ4n) is 2.16. The molecule has 24 heavy (non-hydrogen) atoms. The first-order chi connectivity index (χ1) is 11.5. The highest BCUT2D eigenvalue weighted by molar-refractivity contribution is 5.69. The summed E-state index contributed by atoms with van der Waals surface area (Å²) in [5.74, 6) is -3.14. The van der Waals surface area contributed by atoms with Gasteiger partial charge in [-0.1, -0.05) is 0 Å². The number of hydrogen-bond donors (Lipinski definition) is 1. The summed E-state index contributed by atoms with van der Waals surface area (Å²) in [5, 5.41) is 12.9. The van der Waals surface area contributed by atoms with E-state index < -0.39 is 29.7 Å². The van der Waals surface area contributed by atoms with Crippen LogP contribution in [-0.2, 0) is 11.3 Å². The average molecular weight is 335 g/mol. The third-order valence-electron chi connectivity index (χ3n) is 3.17. The molecule has 124 valence electrons. The maximum atomic E-state index is 14.3. The fourth-order valence-corrected chi connectivity index (χ4v) is 2.16. The molecule has 9 heteroatoms. The Balaban J connectivity index is 2.18. The van der Waals surface area contributed by atoms with E-state index in [1.54, 1.807) is 12.1 Å². The van der Waals surface area contributed by atoms with E-state index in [-0.39, 0.29) is 23.2 Å². The summed E-state index contributed by atoms with van der Waals surface area (Å²) in [6, 6.07) is 5.09. The molecule has 3 aromatic rings. The molecule has 0 aliphatic heterocycles. The van der Waals surface area contributed by atoms with Crippen LogP contribution in [-0.4, -0.2) is 33.0 Å². The van der Waals surface area contributed by atoms with Crippen molar-refractivity contribution >= 4 is 5.97 Å². The molecule has 0 amide bonds. The number of carboxylic acid groups (broad SMARTS) is 1. The number of nitrogens with zero attached hydrogens (tertiary/aromatic N) is 3. The maximum absolute atomic E-state index is 14.3. The Hall–Kier alpha value is -3.23. The summed E-state index contributed by atoms with van der Waals surface area (Å²) >= 11 is 0. The van der Waals surface area contributed by atoms with E-state index >= 15 is 0 Å². The first kappa shape index (κ1) is 15.7. The molecule has 0 aliphatic carbocycles. The average Bonchev–Trinajstić information content (AvgIpc) is 3.16. The van der Waals surface area contributed by atoms with Crippen molar-refractivity contribution < 1.29 is 27.8 Å². The van der Waals surface area contributed by atoms with Gasteiger partial charge in [0.15, 0.2) is 11.6 Å². The van der Waals surface area contributed by atoms with Crippen LogP contribution in [0.3, 0.4) is 0 Å². The molecule has 0 fully saturated rings. The quantitative estimate of drug-likeness (QED) is 0.771. The van der Waals surface area contributed by atoms with Gasteiger partial charge in [0.1, 0.15) is 23.9 Å². The molecular weight excluding hydrogens is 324 g/mol. The normalized spacial score (nSPS) is 10.8. The SMILES string of the molecule is COc1cc(F)c(-c2nc(-c3ccco3)nn2CC(=O)O)c(F)c1. The van der Waals surface area contributed by atoms with Crippen molar-refractivity contribution in [3.8, 4) is 28.7 Å². The molecule has 0 atom stereocenters. The number of carbonyl (C=O) groups is 1. The van der Waals surface area contributed by atoms with Crippen molar-refractivity contribution in [2.45, 2.75) is 6.54 Å². The molecule has 0 saturated heterocycles. The van der Waals surface area contributed by atoms with Gasteiger partial charge in [0.05, 0.1) is 18.9 Å². The van der Waals surface area contributed by atoms with Gasteiger partial charge in [-0.2, -0.15) is 0 Å². The van der Waals surface area contributed by atoms with Gasteiger partial charge in [-0.15, -0.1) is 5.10 Å². The lowest BCUT2D eigenvalue weighted by Crippen LogP contribution is -2.12. The van der Waals surface area contributed by atoms with Gasteiger partial charge in [0.2, 0.25) is 5.82 Å². The number of rotatable bonds is 5. The number of aliphatic carboxylic acids is 1. The lowest BCUT2D eigenvalue weighted by molar-refractivity contribution is -0.137. The second-order valence-electron chi connectivity index (χ2n) is 4.75. The number of methoxy groups -OCH3 is 1. The first-order valence-electron chi connectivity index (χ1n) is 6.73. The molecule has 0 spiro atoms. The van der Waals surface area contributed by atoms with E-state index in [4.69, 9.17) is 14.3 Å². The highest BCUT2D eigenvalue weighted by Gasteiger charge is 2.23. The van der Waals surface area contributed by atoms with Crippen molar-refractivity contribution in [2.75, 3.05) is 7.11 Å². The van der Waals surface area contributed by atoms with Crippen LogP contribution in [0.4, 0.5) is 8.78 Å². The van der Waals surface area contributed by atoms with Crippen LogP contribution in [0.25, 0.3) is 23.0 Å². The molecule has 1 N–H and O–H groups in total. The van der Waals surface area contributed by atoms with E-state index in [1.807, 2.05) is 0 Å². The smallest absolute Gasteiger partial charge is 0.325 e. The predicted octanol–water partition coefficient (Wildman–Crippen LogP) is 2.58. The van der Waals surface area contributed by atoms with Crippen LogP contribution in [0.15, 0.2) is 34.9 Å². The second-order valence-corrected chi connectivity index (χ2v) is 4.75. The largest absolute Gasteiger partial charge is 0.497 e. The minimum absolute atomic E-state index is 0.00990. The summed E-state index contributed by atoms with van der Waals surface area (Å²) in [6.07, 6.45) is 1.38. The topological polar surface area (TPSA) is 90.4 Å². The molecule has 3 rings (SSSR count). The van der Waals surface area contributed by atoms with Crippen LogP contribution < -0.4 is 4.74 Å². The number of aromatic nitrogens is 3. The number of benzene rings is 1. The molecular formula is C15H11F2N3O4. The number of halogens is 2. The molecule has 2 heterocycles. The minimum Gasteiger partial charge on any atom is -0.497 e. The molecule has 2 aromatic heterocycles. The number of ether oxygens (including phenoxy) is 1. The third-order valence-corrected chi connectivity index (χ3v) is 3.17. The Labute approximate surface area is 134 Å². The van der Waals surface area contributed by atoms with E-state index in [0.29, 0.717) is 0 Å². The highest BCUT2D eigenvalue weighted by Crippen LogP contribution is 2.30. The van der Waals surface area contributed by atoms with Gasteiger partial charge in [-0.3, -0.25) is 4.79 Å². The van der Waals surface area contributed by atoms with Crippen LogP contribution in [0, 0.1) is 11.6 Å². The first-order valence-corrected chi connectivity index (χ1v) is 6.73. The molecule has 0 aliphatic rings. The monoisotopic (exact) mass is 335 g/mol. The van der Waals surface area contributed by atoms with Gasteiger partial charge in [-0.05, 0) is 12.1 Å². The summed E-state index contributed by atoms with van der Waals surface area (Å²) in [7, 11) is 1.27. The van der Waals surface area contributed by atoms with E-state index in [1.165, 1.54) is 13.4 Å². The van der Waals surface area contributed by atoms with Crippen molar-refractivity contribution in [1.29, 1.82) is 0 Å². The highest BCUT2D eigenvalue weighted by atomic mass is 19.1. The Bertz CT molecular complexity index is 867. The lowest BCUT2D eigenvalue weighted by atomic mass is 10.1. The van der Waals surface area contributed by atoms with Gasteiger partial charge < -0.3 is 14.3 Å². The van der Waals surface area contributed by atoms with E-state index in [0.717, 1.165) is 16.8 Å². The van der Waals surface area contributed by atoms with Gasteiger partial charge in [0.25, 0.3) is 0 Å². The Morgan fingerprint density at radius 2 is 2.08 bits per heavy atom. The van der Waals surface area contributed by atoms with Gasteiger partial charge in [0, 0.05) is 12.1 Å². The van der Waals surface area contributed by atoms with Crippen molar-refractivity contribution in [2.24, 2.45) is 0 Å². The van der Waals surface area contributed by atoms with Crippen LogP contribution in [0.1, 0.15) is 0 Å². The third kappa shape index (κ3) is 2.83. The number of carboxylic acids is 1. The summed E-state index contributed by atoms with van der Waals surface area (Å²) in [6.45, 7) is -0.617. The van der Waals surface area contributed by atoms with Crippen molar-refractivity contribution in [1.82, 2.24) is 14.8 Å². The molecule has 0 unspecified atom stereocenters. The second kappa shape index (κ2) is 6.11. The summed E-state index contributed by atoms with van der Waals surface area (Å²) in [5.41, 5.74) is -0.498. The molecule has 0 saturated carbocycles. The Morgan fingerprint density at radius 1 is 1.38 bits per heavy atom. The standard InChI is InChI=1S/C15H11F2N3O4/c1-23-8-5-9(16)13(10(17)6-8)15-18-14(11-3-2-4-24-11)19-20(15)7-12(21)22/h2-6H,7H2,1H3,(H,21,22). The van der Waals surface area contributed by atoms with Crippen LogP contribution in [0.5, 0.6) is 5.75 Å². The van der Waals surface area contributed by atoms with Crippen LogP contribution >= 0.6 is 0 Å². The minimum atomic E-state index is -1.23. The van der Waals surface area contributed by atoms with Crippen molar-refractivity contribution in [3.05, 3.63) is 42.2 Å². The zero-order valence-corrected chi connectivity index (χ0v) is 12.4. The van der Waals surface area contributed by atoms with Crippen LogP contribution in [0.2, 0.25) is 0 Å². The summed E-state index contributed by atoms with van der Waals surface area (Å²) < 4.78 is 39.4. The Kier molecular flexibility index (Phi) is 3.98.